The van der Waals surface area contributed by atoms with E-state index in [1.165, 1.54) is 16.3 Å². The van der Waals surface area contributed by atoms with Gasteiger partial charge in [-0.25, -0.2) is 0 Å². The zero-order chi connectivity index (χ0) is 7.68. The van der Waals surface area contributed by atoms with Gasteiger partial charge in [-0.2, -0.15) is 0 Å². The van der Waals surface area contributed by atoms with Crippen LogP contribution in [0.25, 0.3) is 10.8 Å². The number of rotatable bonds is 0. The Kier molecular flexibility index (Phi) is 1.39. The molecular formula is C11H9. The number of hydrogen-bond acceptors (Lipinski definition) is 0. The van der Waals surface area contributed by atoms with E-state index in [0.29, 0.717) is 0 Å². The van der Waals surface area contributed by atoms with Crippen molar-refractivity contribution in [2.45, 2.75) is 6.92 Å². The normalized spacial score (nSPS) is 10.3. The monoisotopic (exact) mass is 141 g/mol. The van der Waals surface area contributed by atoms with Crippen LogP contribution in [0, 0.1) is 13.0 Å². The lowest BCUT2D eigenvalue weighted by Crippen LogP contribution is -1.75. The molecule has 0 heterocycles. The molecule has 0 bridgehead atoms. The summed E-state index contributed by atoms with van der Waals surface area (Å²) >= 11 is 0. The minimum Gasteiger partial charge on any atom is -0.0616 e. The number of hydrogen-bond donors (Lipinski definition) is 0. The Morgan fingerprint density at radius 1 is 1.09 bits per heavy atom. The summed E-state index contributed by atoms with van der Waals surface area (Å²) < 4.78 is 0. The molecule has 11 heavy (non-hydrogen) atoms. The molecule has 2 rings (SSSR count). The molecule has 0 N–H and O–H groups in total. The first-order valence-corrected chi connectivity index (χ1v) is 3.74. The first kappa shape index (κ1) is 6.41. The maximum absolute atomic E-state index is 3.19. The summed E-state index contributed by atoms with van der Waals surface area (Å²) in [5, 5.41) is 2.50. The van der Waals surface area contributed by atoms with Crippen molar-refractivity contribution in [2.75, 3.05) is 0 Å². The first-order valence-electron chi connectivity index (χ1n) is 3.74. The van der Waals surface area contributed by atoms with Crippen LogP contribution in [0.15, 0.2) is 36.4 Å². The molecule has 2 aromatic rings. The largest absolute Gasteiger partial charge is 0.0616 e. The van der Waals surface area contributed by atoms with Gasteiger partial charge in [0.1, 0.15) is 0 Å². The average molecular weight is 141 g/mol. The Balaban J connectivity index is 2.91. The highest BCUT2D eigenvalue weighted by atomic mass is 14.0. The zero-order valence-electron chi connectivity index (χ0n) is 6.46. The molecule has 1 radical (unpaired) electrons. The Morgan fingerprint density at radius 3 is 2.73 bits per heavy atom. The van der Waals surface area contributed by atoms with Gasteiger partial charge in [0.25, 0.3) is 0 Å². The second-order valence-electron chi connectivity index (χ2n) is 2.71. The second-order valence-corrected chi connectivity index (χ2v) is 2.71. The van der Waals surface area contributed by atoms with Gasteiger partial charge in [0.2, 0.25) is 0 Å². The molecule has 0 aromatic heterocycles. The van der Waals surface area contributed by atoms with Crippen molar-refractivity contribution in [3.05, 3.63) is 48.0 Å². The maximum Gasteiger partial charge on any atom is -0.00990 e. The first-order chi connectivity index (χ1) is 5.38. The summed E-state index contributed by atoms with van der Waals surface area (Å²) in [6.45, 7) is 2.12. The fourth-order valence-corrected chi connectivity index (χ4v) is 1.30. The lowest BCUT2D eigenvalue weighted by atomic mass is 10.1. The van der Waals surface area contributed by atoms with Crippen LogP contribution in [0.4, 0.5) is 0 Å². The van der Waals surface area contributed by atoms with Gasteiger partial charge < -0.3 is 0 Å². The van der Waals surface area contributed by atoms with Crippen LogP contribution < -0.4 is 0 Å². The van der Waals surface area contributed by atoms with Crippen LogP contribution in [0.5, 0.6) is 0 Å². The summed E-state index contributed by atoms with van der Waals surface area (Å²) in [5.41, 5.74) is 1.32. The topological polar surface area (TPSA) is 0 Å². The van der Waals surface area contributed by atoms with E-state index in [0.717, 1.165) is 0 Å². The summed E-state index contributed by atoms with van der Waals surface area (Å²) in [4.78, 5) is 0. The Hall–Kier alpha value is -1.30. The average Bonchev–Trinajstić information content (AvgIpc) is 2.06. The van der Waals surface area contributed by atoms with Crippen LogP contribution in [0.1, 0.15) is 5.56 Å². The summed E-state index contributed by atoms with van der Waals surface area (Å²) in [5.74, 6) is 0. The van der Waals surface area contributed by atoms with Crippen molar-refractivity contribution in [3.63, 3.8) is 0 Å². The highest BCUT2D eigenvalue weighted by Gasteiger charge is 1.92. The Morgan fingerprint density at radius 2 is 1.91 bits per heavy atom. The van der Waals surface area contributed by atoms with Gasteiger partial charge in [-0.05, 0) is 29.3 Å². The lowest BCUT2D eigenvalue weighted by molar-refractivity contribution is 1.53. The molecule has 0 nitrogen and oxygen atoms in total. The fraction of sp³-hybridized carbons (Fsp3) is 0.0909. The molecule has 0 saturated carbocycles. The van der Waals surface area contributed by atoms with E-state index in [2.05, 4.69) is 37.3 Å². The molecule has 0 aliphatic rings. The Bertz CT molecular complexity index is 369. The standard InChI is InChI=1S/C11H9/c1-9-5-4-7-10-6-2-3-8-11(9)10/h2-6,8H,1H3. The van der Waals surface area contributed by atoms with Crippen LogP contribution in [-0.2, 0) is 0 Å². The van der Waals surface area contributed by atoms with Gasteiger partial charge in [-0.15, -0.1) is 0 Å². The third-order valence-electron chi connectivity index (χ3n) is 1.92. The van der Waals surface area contributed by atoms with E-state index in [1.54, 1.807) is 0 Å². The smallest absolute Gasteiger partial charge is 0.00990 e. The van der Waals surface area contributed by atoms with E-state index in [4.69, 9.17) is 0 Å². The minimum absolute atomic E-state index is 1.20. The summed E-state index contributed by atoms with van der Waals surface area (Å²) in [6, 6.07) is 15.6. The van der Waals surface area contributed by atoms with Crippen molar-refractivity contribution >= 4 is 10.8 Å². The van der Waals surface area contributed by atoms with E-state index in [-0.39, 0.29) is 0 Å². The van der Waals surface area contributed by atoms with E-state index < -0.39 is 0 Å². The van der Waals surface area contributed by atoms with E-state index in [1.807, 2.05) is 12.1 Å². The predicted molar refractivity (Wildman–Crippen MR) is 47.5 cm³/mol. The van der Waals surface area contributed by atoms with Gasteiger partial charge in [0.05, 0.1) is 0 Å². The van der Waals surface area contributed by atoms with Crippen molar-refractivity contribution in [1.29, 1.82) is 0 Å². The van der Waals surface area contributed by atoms with Crippen LogP contribution in [0.3, 0.4) is 0 Å². The molecule has 0 aliphatic heterocycles. The number of fused-ring (bicyclic) bond motifs is 1. The van der Waals surface area contributed by atoms with Crippen molar-refractivity contribution in [2.24, 2.45) is 0 Å². The van der Waals surface area contributed by atoms with Gasteiger partial charge in [-0.3, -0.25) is 0 Å². The molecule has 2 aromatic carbocycles. The summed E-state index contributed by atoms with van der Waals surface area (Å²) in [7, 11) is 0. The zero-order valence-corrected chi connectivity index (χ0v) is 6.46. The van der Waals surface area contributed by atoms with Gasteiger partial charge >= 0.3 is 0 Å². The van der Waals surface area contributed by atoms with E-state index in [9.17, 15) is 0 Å². The molecule has 0 spiro atoms. The predicted octanol–water partition coefficient (Wildman–Crippen LogP) is 2.95. The van der Waals surface area contributed by atoms with Crippen molar-refractivity contribution in [1.82, 2.24) is 0 Å². The molecule has 0 aliphatic carbocycles. The van der Waals surface area contributed by atoms with Crippen molar-refractivity contribution in [3.8, 4) is 0 Å². The number of aryl methyl sites for hydroxylation is 1. The molecule has 0 amide bonds. The SMILES string of the molecule is Cc1cc[c]c2ccccc12. The highest BCUT2D eigenvalue weighted by Crippen LogP contribution is 2.16. The third-order valence-corrected chi connectivity index (χ3v) is 1.92. The molecule has 0 fully saturated rings. The van der Waals surface area contributed by atoms with E-state index >= 15 is 0 Å². The second kappa shape index (κ2) is 2.39. The summed E-state index contributed by atoms with van der Waals surface area (Å²) in [6.07, 6.45) is 0. The van der Waals surface area contributed by atoms with Crippen LogP contribution >= 0.6 is 0 Å². The van der Waals surface area contributed by atoms with Gasteiger partial charge in [0.15, 0.2) is 0 Å². The fourth-order valence-electron chi connectivity index (χ4n) is 1.30. The molecule has 53 valence electrons. The Labute approximate surface area is 66.5 Å². The quantitative estimate of drug-likeness (QED) is 0.529. The third kappa shape index (κ3) is 1.01. The molecule has 0 atom stereocenters. The van der Waals surface area contributed by atoms with Gasteiger partial charge in [-0.1, -0.05) is 36.4 Å². The lowest BCUT2D eigenvalue weighted by Gasteiger charge is -1.98. The number of benzene rings is 2. The maximum atomic E-state index is 3.19. The van der Waals surface area contributed by atoms with Crippen molar-refractivity contribution < 1.29 is 0 Å². The highest BCUT2D eigenvalue weighted by molar-refractivity contribution is 5.84. The molecular weight excluding hydrogens is 132 g/mol. The van der Waals surface area contributed by atoms with Crippen LogP contribution in [0.2, 0.25) is 0 Å². The van der Waals surface area contributed by atoms with Crippen LogP contribution in [-0.4, -0.2) is 0 Å². The molecule has 0 unspecified atom stereocenters. The molecule has 0 heteroatoms. The minimum atomic E-state index is 1.20. The molecule has 0 saturated heterocycles. The van der Waals surface area contributed by atoms with Gasteiger partial charge in [0, 0.05) is 0 Å².